The summed E-state index contributed by atoms with van der Waals surface area (Å²) < 4.78 is 26.8. The van der Waals surface area contributed by atoms with E-state index in [9.17, 15) is 13.2 Å². The van der Waals surface area contributed by atoms with Crippen molar-refractivity contribution in [3.8, 4) is 0 Å². The number of nitrogens with two attached hydrogens (primary N) is 1. The number of carbonyl (C=O) groups is 1. The Balaban J connectivity index is 0.00000220. The predicted molar refractivity (Wildman–Crippen MR) is 84.4 cm³/mol. The van der Waals surface area contributed by atoms with Gasteiger partial charge in [-0.05, 0) is 25.0 Å². The minimum absolute atomic E-state index is 0. The van der Waals surface area contributed by atoms with E-state index in [2.05, 4.69) is 4.40 Å². The van der Waals surface area contributed by atoms with Crippen LogP contribution >= 0.6 is 12.4 Å². The largest absolute Gasteiger partial charge is 0.366 e. The van der Waals surface area contributed by atoms with E-state index < -0.39 is 15.9 Å². The molecule has 8 heteroatoms. The highest BCUT2D eigenvalue weighted by Crippen LogP contribution is 2.15. The fourth-order valence-corrected chi connectivity index (χ4v) is 2.70. The summed E-state index contributed by atoms with van der Waals surface area (Å²) >= 11 is 0. The Hall–Kier alpha value is -1.60. The first-order valence-electron chi connectivity index (χ1n) is 6.32. The van der Waals surface area contributed by atoms with Crippen LogP contribution in [0.2, 0.25) is 0 Å². The number of amidine groups is 1. The van der Waals surface area contributed by atoms with Crippen LogP contribution in [0.1, 0.15) is 28.8 Å². The van der Waals surface area contributed by atoms with Gasteiger partial charge in [0.25, 0.3) is 10.0 Å². The topological polar surface area (TPSA) is 92.8 Å². The minimum Gasteiger partial charge on any atom is -0.366 e. The summed E-state index contributed by atoms with van der Waals surface area (Å²) in [5.74, 6) is -0.0830. The van der Waals surface area contributed by atoms with E-state index in [0.29, 0.717) is 17.0 Å². The van der Waals surface area contributed by atoms with Crippen LogP contribution in [0.25, 0.3) is 0 Å². The highest BCUT2D eigenvalue weighted by Gasteiger charge is 2.20. The molecule has 0 aliphatic carbocycles. The molecule has 1 fully saturated rings. The second-order valence-electron chi connectivity index (χ2n) is 4.78. The van der Waals surface area contributed by atoms with Crippen LogP contribution < -0.4 is 5.73 Å². The lowest BCUT2D eigenvalue weighted by molar-refractivity contribution is 0.100. The van der Waals surface area contributed by atoms with Gasteiger partial charge in [-0.2, -0.15) is 0 Å². The van der Waals surface area contributed by atoms with Gasteiger partial charge in [0.05, 0.1) is 6.26 Å². The zero-order chi connectivity index (χ0) is 14.8. The molecule has 0 radical (unpaired) electrons. The van der Waals surface area contributed by atoms with Gasteiger partial charge in [0, 0.05) is 24.2 Å². The molecular formula is C13H18ClN3O3S. The van der Waals surface area contributed by atoms with E-state index in [-0.39, 0.29) is 12.4 Å². The molecule has 2 N–H and O–H groups in total. The Kier molecular flexibility index (Phi) is 5.74. The molecule has 21 heavy (non-hydrogen) atoms. The van der Waals surface area contributed by atoms with Crippen molar-refractivity contribution in [1.29, 1.82) is 0 Å². The summed E-state index contributed by atoms with van der Waals surface area (Å²) in [6, 6.07) is 6.49. The van der Waals surface area contributed by atoms with Crippen molar-refractivity contribution in [2.45, 2.75) is 12.8 Å². The van der Waals surface area contributed by atoms with Gasteiger partial charge in [0.2, 0.25) is 5.91 Å². The normalized spacial score (nSPS) is 15.7. The minimum atomic E-state index is -3.48. The van der Waals surface area contributed by atoms with Crippen molar-refractivity contribution in [2.75, 3.05) is 19.3 Å². The molecule has 1 heterocycles. The lowest BCUT2D eigenvalue weighted by Crippen LogP contribution is -2.29. The molecular weight excluding hydrogens is 314 g/mol. The summed E-state index contributed by atoms with van der Waals surface area (Å²) in [4.78, 5) is 13.0. The molecule has 1 aliphatic rings. The molecule has 116 valence electrons. The number of benzene rings is 1. The molecule has 1 aromatic carbocycles. The van der Waals surface area contributed by atoms with Crippen LogP contribution in [0.15, 0.2) is 28.7 Å². The zero-order valence-electron chi connectivity index (χ0n) is 11.7. The van der Waals surface area contributed by atoms with Gasteiger partial charge < -0.3 is 10.6 Å². The second kappa shape index (κ2) is 6.91. The smallest absolute Gasteiger partial charge is 0.252 e. The Bertz CT molecular complexity index is 635. The third kappa shape index (κ3) is 4.71. The van der Waals surface area contributed by atoms with Crippen LogP contribution in [-0.2, 0) is 10.0 Å². The average molecular weight is 332 g/mol. The number of hydrogen-bond acceptors (Lipinski definition) is 3. The molecule has 1 saturated heterocycles. The van der Waals surface area contributed by atoms with Gasteiger partial charge in [0.1, 0.15) is 5.84 Å². The summed E-state index contributed by atoms with van der Waals surface area (Å²) in [6.07, 6.45) is 3.10. The molecule has 0 unspecified atom stereocenters. The number of likely N-dealkylation sites (tertiary alicyclic amines) is 1. The van der Waals surface area contributed by atoms with E-state index in [1.54, 1.807) is 24.3 Å². The molecule has 6 nitrogen and oxygen atoms in total. The summed E-state index contributed by atoms with van der Waals surface area (Å²) in [7, 11) is -3.48. The molecule has 1 aromatic rings. The van der Waals surface area contributed by atoms with Gasteiger partial charge >= 0.3 is 0 Å². The number of carbonyl (C=O) groups excluding carboxylic acids is 1. The fourth-order valence-electron chi connectivity index (χ4n) is 2.16. The summed E-state index contributed by atoms with van der Waals surface area (Å²) in [6.45, 7) is 1.57. The third-order valence-corrected chi connectivity index (χ3v) is 3.59. The van der Waals surface area contributed by atoms with Crippen molar-refractivity contribution in [1.82, 2.24) is 4.90 Å². The van der Waals surface area contributed by atoms with Crippen LogP contribution in [-0.4, -0.2) is 44.4 Å². The van der Waals surface area contributed by atoms with Crippen molar-refractivity contribution >= 4 is 34.2 Å². The zero-order valence-corrected chi connectivity index (χ0v) is 13.3. The van der Waals surface area contributed by atoms with E-state index >= 15 is 0 Å². The van der Waals surface area contributed by atoms with E-state index in [1.807, 2.05) is 4.90 Å². The Morgan fingerprint density at radius 2 is 1.62 bits per heavy atom. The van der Waals surface area contributed by atoms with Crippen molar-refractivity contribution < 1.29 is 13.2 Å². The number of amides is 1. The standard InChI is InChI=1S/C13H17N3O3S.ClH/c1-20(18,19)15-13(16-8-2-3-9-16)11-6-4-10(5-7-11)12(14)17;/h4-7H,2-3,8-9H2,1H3,(H2,14,17);1H. The highest BCUT2D eigenvalue weighted by molar-refractivity contribution is 7.89. The van der Waals surface area contributed by atoms with Crippen molar-refractivity contribution in [2.24, 2.45) is 10.1 Å². The van der Waals surface area contributed by atoms with Crippen molar-refractivity contribution in [3.05, 3.63) is 35.4 Å². The van der Waals surface area contributed by atoms with Crippen LogP contribution in [0.5, 0.6) is 0 Å². The van der Waals surface area contributed by atoms with Gasteiger partial charge in [-0.15, -0.1) is 16.8 Å². The molecule has 1 aliphatic heterocycles. The number of sulfonamides is 1. The highest BCUT2D eigenvalue weighted by atomic mass is 35.5. The first kappa shape index (κ1) is 17.5. The molecule has 0 aromatic heterocycles. The van der Waals surface area contributed by atoms with Gasteiger partial charge in [-0.1, -0.05) is 12.1 Å². The van der Waals surface area contributed by atoms with Crippen LogP contribution in [0.4, 0.5) is 0 Å². The first-order valence-corrected chi connectivity index (χ1v) is 8.17. The van der Waals surface area contributed by atoms with Crippen molar-refractivity contribution in [3.63, 3.8) is 0 Å². The Labute approximate surface area is 130 Å². The number of nitrogens with zero attached hydrogens (tertiary/aromatic N) is 2. The molecule has 0 bridgehead atoms. The average Bonchev–Trinajstić information content (AvgIpc) is 2.89. The number of primary amides is 1. The SMILES string of the molecule is CS(=O)(=O)N=C(c1ccc(C(N)=O)cc1)N1CCCC1.Cl. The van der Waals surface area contributed by atoms with Crippen LogP contribution in [0, 0.1) is 0 Å². The molecule has 1 amide bonds. The summed E-state index contributed by atoms with van der Waals surface area (Å²) in [5.41, 5.74) is 6.24. The lowest BCUT2D eigenvalue weighted by atomic mass is 10.1. The third-order valence-electron chi connectivity index (χ3n) is 3.09. The fraction of sp³-hybridized carbons (Fsp3) is 0.385. The van der Waals surface area contributed by atoms with Gasteiger partial charge in [-0.3, -0.25) is 4.79 Å². The van der Waals surface area contributed by atoms with E-state index in [0.717, 1.165) is 32.2 Å². The monoisotopic (exact) mass is 331 g/mol. The van der Waals surface area contributed by atoms with Crippen LogP contribution in [0.3, 0.4) is 0 Å². The summed E-state index contributed by atoms with van der Waals surface area (Å²) in [5, 5.41) is 0. The molecule has 0 spiro atoms. The maximum absolute atomic E-state index is 11.5. The Morgan fingerprint density at radius 3 is 2.05 bits per heavy atom. The second-order valence-corrected chi connectivity index (χ2v) is 6.43. The van der Waals surface area contributed by atoms with E-state index in [4.69, 9.17) is 5.73 Å². The first-order chi connectivity index (χ1) is 9.37. The Morgan fingerprint density at radius 1 is 1.14 bits per heavy atom. The predicted octanol–water partition coefficient (Wildman–Crippen LogP) is 1.01. The number of halogens is 1. The molecule has 2 rings (SSSR count). The number of hydrogen-bond donors (Lipinski definition) is 1. The van der Waals surface area contributed by atoms with E-state index in [1.165, 1.54) is 0 Å². The number of rotatable bonds is 3. The maximum Gasteiger partial charge on any atom is 0.252 e. The lowest BCUT2D eigenvalue weighted by Gasteiger charge is -2.19. The molecule has 0 saturated carbocycles. The van der Waals surface area contributed by atoms with Gasteiger partial charge in [-0.25, -0.2) is 8.42 Å². The maximum atomic E-state index is 11.5. The quantitative estimate of drug-likeness (QED) is 0.660. The molecule has 0 atom stereocenters. The van der Waals surface area contributed by atoms with Gasteiger partial charge in [0.15, 0.2) is 0 Å².